The zero-order chi connectivity index (χ0) is 29.2. The molecule has 0 aromatic rings. The predicted octanol–water partition coefficient (Wildman–Crippen LogP) is -7.48. The average molecular weight is 568 g/mol. The van der Waals surface area contributed by atoms with Gasteiger partial charge >= 0.3 is 0 Å². The van der Waals surface area contributed by atoms with Crippen LogP contribution in [0.4, 0.5) is 0 Å². The molecular formula is C21H41N7O11. The van der Waals surface area contributed by atoms with E-state index in [1.54, 1.807) is 6.92 Å². The molecule has 39 heavy (non-hydrogen) atoms. The number of aliphatic hydroxyl groups excluding tert-OH is 7. The molecule has 0 spiro atoms. The van der Waals surface area contributed by atoms with Gasteiger partial charge in [0.1, 0.15) is 60.9 Å². The Bertz CT molecular complexity index is 864. The molecule has 0 aromatic carbocycles. The molecule has 3 rings (SSSR count). The van der Waals surface area contributed by atoms with Gasteiger partial charge in [-0.3, -0.25) is 0 Å². The molecule has 2 aliphatic heterocycles. The van der Waals surface area contributed by atoms with Gasteiger partial charge in [0.15, 0.2) is 24.5 Å². The van der Waals surface area contributed by atoms with Crippen LogP contribution in [0.25, 0.3) is 0 Å². The monoisotopic (exact) mass is 567 g/mol. The van der Waals surface area contributed by atoms with E-state index in [1.807, 2.05) is 0 Å². The standard InChI is InChI=1S/C21H41N7O11/c1-5-6(3-29)16(38-18-10(26-2)14(34)11(31)7(4-30)37-18)19(36-5)39-17-9(28-21(24)25)12(32)8(27-20(22)23)13(33)15(17)35/h5-19,26,29-35H,3-4H2,1-2H3,(H4,22,23,27)(H4,24,25,28). The molecule has 0 amide bonds. The zero-order valence-electron chi connectivity index (χ0n) is 21.5. The highest BCUT2D eigenvalue weighted by atomic mass is 16.8. The topological polar surface area (TPSA) is 319 Å². The summed E-state index contributed by atoms with van der Waals surface area (Å²) >= 11 is 0. The molecule has 0 aromatic heterocycles. The lowest BCUT2D eigenvalue weighted by molar-refractivity contribution is -0.310. The van der Waals surface area contributed by atoms with Crippen LogP contribution in [0.15, 0.2) is 9.98 Å². The number of likely N-dealkylation sites (N-methyl/N-ethyl adjacent to an activating group) is 1. The van der Waals surface area contributed by atoms with E-state index in [4.69, 9.17) is 41.9 Å². The first kappa shape index (κ1) is 31.6. The van der Waals surface area contributed by atoms with Gasteiger partial charge in [-0.05, 0) is 14.0 Å². The predicted molar refractivity (Wildman–Crippen MR) is 132 cm³/mol. The van der Waals surface area contributed by atoms with Gasteiger partial charge in [0.25, 0.3) is 0 Å². The fourth-order valence-electron chi connectivity index (χ4n) is 5.21. The summed E-state index contributed by atoms with van der Waals surface area (Å²) in [6, 6.07) is -3.73. The number of hydrogen-bond donors (Lipinski definition) is 12. The molecule has 3 aliphatic rings. The van der Waals surface area contributed by atoms with E-state index in [-0.39, 0.29) is 0 Å². The third-order valence-corrected chi connectivity index (χ3v) is 7.32. The van der Waals surface area contributed by atoms with Crippen LogP contribution in [-0.2, 0) is 18.9 Å². The molecule has 2 heterocycles. The van der Waals surface area contributed by atoms with E-state index in [0.717, 1.165) is 0 Å². The highest BCUT2D eigenvalue weighted by molar-refractivity contribution is 5.76. The lowest BCUT2D eigenvalue weighted by atomic mass is 9.81. The van der Waals surface area contributed by atoms with Crippen LogP contribution in [0.5, 0.6) is 0 Å². The summed E-state index contributed by atoms with van der Waals surface area (Å²) in [6.07, 6.45) is -14.9. The van der Waals surface area contributed by atoms with Crippen LogP contribution in [0.2, 0.25) is 0 Å². The van der Waals surface area contributed by atoms with Crippen LogP contribution >= 0.6 is 0 Å². The van der Waals surface area contributed by atoms with Gasteiger partial charge in [-0.25, -0.2) is 9.98 Å². The smallest absolute Gasteiger partial charge is 0.186 e. The number of nitrogens with two attached hydrogens (primary N) is 4. The van der Waals surface area contributed by atoms with Crippen molar-refractivity contribution in [2.24, 2.45) is 38.8 Å². The first-order valence-corrected chi connectivity index (χ1v) is 12.4. The molecule has 0 radical (unpaired) electrons. The lowest BCUT2D eigenvalue weighted by Crippen LogP contribution is -2.65. The Balaban J connectivity index is 1.91. The van der Waals surface area contributed by atoms with Crippen molar-refractivity contribution < 1.29 is 54.7 Å². The van der Waals surface area contributed by atoms with Crippen LogP contribution in [0, 0.1) is 5.92 Å². The van der Waals surface area contributed by atoms with Gasteiger partial charge in [0.05, 0.1) is 25.4 Å². The minimum absolute atomic E-state index is 0.431. The van der Waals surface area contributed by atoms with Crippen molar-refractivity contribution in [2.75, 3.05) is 20.3 Å². The van der Waals surface area contributed by atoms with E-state index < -0.39 is 117 Å². The number of aliphatic imine (C=N–C) groups is 2. The van der Waals surface area contributed by atoms with Gasteiger partial charge in [-0.2, -0.15) is 0 Å². The Morgan fingerprint density at radius 1 is 0.744 bits per heavy atom. The number of ether oxygens (including phenoxy) is 4. The van der Waals surface area contributed by atoms with Crippen LogP contribution in [-0.4, -0.2) is 154 Å². The molecule has 2 saturated heterocycles. The van der Waals surface area contributed by atoms with Crippen molar-refractivity contribution in [1.29, 1.82) is 0 Å². The second-order valence-electron chi connectivity index (χ2n) is 9.84. The third-order valence-electron chi connectivity index (χ3n) is 7.32. The van der Waals surface area contributed by atoms with E-state index in [2.05, 4.69) is 15.3 Å². The summed E-state index contributed by atoms with van der Waals surface area (Å²) in [5.74, 6) is -1.63. The molecule has 15 unspecified atom stereocenters. The van der Waals surface area contributed by atoms with E-state index in [1.165, 1.54) is 7.05 Å². The van der Waals surface area contributed by atoms with Crippen molar-refractivity contribution in [3.63, 3.8) is 0 Å². The number of guanidine groups is 2. The fourth-order valence-corrected chi connectivity index (χ4v) is 5.21. The maximum atomic E-state index is 10.9. The second kappa shape index (κ2) is 13.1. The zero-order valence-corrected chi connectivity index (χ0v) is 21.5. The van der Waals surface area contributed by atoms with Crippen molar-refractivity contribution in [2.45, 2.75) is 92.6 Å². The van der Waals surface area contributed by atoms with Gasteiger partial charge in [-0.15, -0.1) is 0 Å². The molecule has 1 saturated carbocycles. The van der Waals surface area contributed by atoms with Crippen LogP contribution in [0.3, 0.4) is 0 Å². The number of hydrogen-bond acceptors (Lipinski definition) is 14. The van der Waals surface area contributed by atoms with Crippen LogP contribution in [0.1, 0.15) is 6.92 Å². The SMILES string of the molecule is CNC1C(OC2C(OC3C(O)C(O)C(N=C(N)N)C(O)C3N=C(N)N)OC(C)C2CO)OC(CO)C(O)C1O. The molecule has 15 atom stereocenters. The Labute approximate surface area is 224 Å². The first-order chi connectivity index (χ1) is 18.4. The largest absolute Gasteiger partial charge is 0.396 e. The number of nitrogens with one attached hydrogen (secondary N) is 1. The Hall–Kier alpha value is -1.94. The average Bonchev–Trinajstić information content (AvgIpc) is 3.17. The second-order valence-corrected chi connectivity index (χ2v) is 9.84. The first-order valence-electron chi connectivity index (χ1n) is 12.4. The van der Waals surface area contributed by atoms with Crippen molar-refractivity contribution >= 4 is 11.9 Å². The van der Waals surface area contributed by atoms with Gasteiger partial charge in [-0.1, -0.05) is 0 Å². The maximum absolute atomic E-state index is 10.9. The molecule has 18 nitrogen and oxygen atoms in total. The summed E-state index contributed by atoms with van der Waals surface area (Å²) in [5.41, 5.74) is 21.9. The number of nitrogens with zero attached hydrogens (tertiary/aromatic N) is 2. The molecule has 1 aliphatic carbocycles. The number of aliphatic hydroxyl groups is 7. The van der Waals surface area contributed by atoms with Crippen molar-refractivity contribution in [3.8, 4) is 0 Å². The Morgan fingerprint density at radius 3 is 1.87 bits per heavy atom. The molecule has 226 valence electrons. The highest BCUT2D eigenvalue weighted by Crippen LogP contribution is 2.37. The number of rotatable bonds is 9. The molecule has 16 N–H and O–H groups in total. The van der Waals surface area contributed by atoms with Gasteiger partial charge in [0, 0.05) is 5.92 Å². The summed E-state index contributed by atoms with van der Waals surface area (Å²) in [6.45, 7) is 0.590. The molecule has 0 bridgehead atoms. The summed E-state index contributed by atoms with van der Waals surface area (Å²) in [4.78, 5) is 7.73. The van der Waals surface area contributed by atoms with Gasteiger partial charge < -0.3 is 82.9 Å². The summed E-state index contributed by atoms with van der Waals surface area (Å²) < 4.78 is 23.6. The molecule has 3 fully saturated rings. The summed E-state index contributed by atoms with van der Waals surface area (Å²) in [5, 5.41) is 75.7. The third kappa shape index (κ3) is 6.53. The highest BCUT2D eigenvalue weighted by Gasteiger charge is 2.55. The normalized spacial score (nSPS) is 46.5. The fraction of sp³-hybridized carbons (Fsp3) is 0.905. The van der Waals surface area contributed by atoms with E-state index in [9.17, 15) is 35.7 Å². The van der Waals surface area contributed by atoms with Crippen LogP contribution < -0.4 is 28.3 Å². The minimum Gasteiger partial charge on any atom is -0.396 e. The minimum atomic E-state index is -1.73. The van der Waals surface area contributed by atoms with Crippen molar-refractivity contribution in [3.05, 3.63) is 0 Å². The molecular weight excluding hydrogens is 526 g/mol. The quantitative estimate of drug-likeness (QED) is 0.0908. The van der Waals surface area contributed by atoms with Gasteiger partial charge in [0.2, 0.25) is 0 Å². The Morgan fingerprint density at radius 2 is 1.33 bits per heavy atom. The van der Waals surface area contributed by atoms with Crippen molar-refractivity contribution in [1.82, 2.24) is 5.32 Å². The lowest BCUT2D eigenvalue weighted by Gasteiger charge is -2.45. The van der Waals surface area contributed by atoms with E-state index >= 15 is 0 Å². The Kier molecular flexibility index (Phi) is 10.6. The molecule has 18 heteroatoms. The van der Waals surface area contributed by atoms with E-state index in [0.29, 0.717) is 0 Å². The summed E-state index contributed by atoms with van der Waals surface area (Å²) in [7, 11) is 1.50. The maximum Gasteiger partial charge on any atom is 0.186 e.